The van der Waals surface area contributed by atoms with Crippen molar-refractivity contribution in [2.24, 2.45) is 0 Å². The molecule has 1 aliphatic carbocycles. The highest BCUT2D eigenvalue weighted by atomic mass is 32.2. The van der Waals surface area contributed by atoms with Crippen LogP contribution in [0.25, 0.3) is 11.1 Å². The quantitative estimate of drug-likeness (QED) is 0.305. The summed E-state index contributed by atoms with van der Waals surface area (Å²) < 4.78 is 30.9. The molecule has 0 bridgehead atoms. The minimum Gasteiger partial charge on any atom is -0.207 e. The monoisotopic (exact) mass is 489 g/mol. The Morgan fingerprint density at radius 1 is 0.750 bits per heavy atom. The van der Waals surface area contributed by atoms with Gasteiger partial charge in [-0.3, -0.25) is 0 Å². The van der Waals surface area contributed by atoms with Gasteiger partial charge in [0.05, 0.1) is 10.9 Å². The number of hydrogen-bond donors (Lipinski definition) is 0. The summed E-state index contributed by atoms with van der Waals surface area (Å²) >= 11 is 0. The molecule has 0 unspecified atom stereocenters. The third kappa shape index (κ3) is 2.58. The molecule has 36 heavy (non-hydrogen) atoms. The Hall–Kier alpha value is -3.47. The molecule has 0 radical (unpaired) electrons. The van der Waals surface area contributed by atoms with Gasteiger partial charge in [0.1, 0.15) is 5.54 Å². The van der Waals surface area contributed by atoms with Crippen molar-refractivity contribution in [3.05, 3.63) is 137 Å². The Labute approximate surface area is 212 Å². The molecule has 4 heteroatoms. The van der Waals surface area contributed by atoms with Crippen molar-refractivity contribution >= 4 is 21.2 Å². The molecule has 0 fully saturated rings. The van der Waals surface area contributed by atoms with E-state index in [-0.39, 0.29) is 6.04 Å². The van der Waals surface area contributed by atoms with E-state index in [4.69, 9.17) is 0 Å². The van der Waals surface area contributed by atoms with Crippen molar-refractivity contribution < 1.29 is 8.42 Å². The summed E-state index contributed by atoms with van der Waals surface area (Å²) in [5, 5.41) is 0. The molecule has 4 aromatic rings. The number of sulfonamides is 1. The lowest BCUT2D eigenvalue weighted by molar-refractivity contribution is 0.218. The zero-order valence-electron chi connectivity index (χ0n) is 20.2. The summed E-state index contributed by atoms with van der Waals surface area (Å²) in [6.45, 7) is 2.17. The zero-order chi connectivity index (χ0) is 24.5. The van der Waals surface area contributed by atoms with Crippen LogP contribution < -0.4 is 0 Å². The summed E-state index contributed by atoms with van der Waals surface area (Å²) in [6, 6.07) is 34.7. The number of rotatable bonds is 4. The zero-order valence-corrected chi connectivity index (χ0v) is 21.0. The van der Waals surface area contributed by atoms with Crippen LogP contribution in [0.1, 0.15) is 65.6 Å². The van der Waals surface area contributed by atoms with E-state index in [9.17, 15) is 8.42 Å². The van der Waals surface area contributed by atoms with Crippen LogP contribution in [0.3, 0.4) is 0 Å². The molecular formula is C32H27NO2S. The second-order valence-corrected chi connectivity index (χ2v) is 11.7. The second-order valence-electron chi connectivity index (χ2n) is 9.91. The SMILES string of the molecule is CCCC[C@@H]1c2ccccc2C2=C(c3ccccc3)c3ccccc3[C@@]23c2ccccc2S(=O)(=O)N13. The van der Waals surface area contributed by atoms with Crippen LogP contribution in [0.5, 0.6) is 0 Å². The fourth-order valence-electron chi connectivity index (χ4n) is 6.82. The highest BCUT2D eigenvalue weighted by molar-refractivity contribution is 7.89. The Morgan fingerprint density at radius 2 is 1.39 bits per heavy atom. The van der Waals surface area contributed by atoms with Crippen LogP contribution in [0.4, 0.5) is 0 Å². The molecule has 3 nitrogen and oxygen atoms in total. The highest BCUT2D eigenvalue weighted by Crippen LogP contribution is 2.68. The maximum atomic E-state index is 14.5. The van der Waals surface area contributed by atoms with Crippen molar-refractivity contribution in [3.8, 4) is 0 Å². The van der Waals surface area contributed by atoms with Crippen molar-refractivity contribution in [2.45, 2.75) is 42.7 Å². The van der Waals surface area contributed by atoms with E-state index in [0.717, 1.165) is 63.8 Å². The minimum atomic E-state index is -3.74. The van der Waals surface area contributed by atoms with Crippen LogP contribution in [0, 0.1) is 0 Å². The molecule has 0 amide bonds. The first-order valence-corrected chi connectivity index (χ1v) is 14.2. The Balaban J connectivity index is 1.71. The first kappa shape index (κ1) is 21.8. The number of fused-ring (bicyclic) bond motifs is 4. The van der Waals surface area contributed by atoms with E-state index >= 15 is 0 Å². The lowest BCUT2D eigenvalue weighted by Gasteiger charge is -2.47. The van der Waals surface area contributed by atoms with Gasteiger partial charge in [0.2, 0.25) is 10.0 Å². The first-order chi connectivity index (χ1) is 17.6. The van der Waals surface area contributed by atoms with Gasteiger partial charge in [0, 0.05) is 5.56 Å². The molecule has 0 saturated carbocycles. The van der Waals surface area contributed by atoms with Crippen molar-refractivity contribution in [1.82, 2.24) is 4.31 Å². The van der Waals surface area contributed by atoms with Gasteiger partial charge >= 0.3 is 0 Å². The topological polar surface area (TPSA) is 37.4 Å². The van der Waals surface area contributed by atoms with Gasteiger partial charge < -0.3 is 0 Å². The predicted octanol–water partition coefficient (Wildman–Crippen LogP) is 7.15. The van der Waals surface area contributed by atoms with Gasteiger partial charge in [-0.15, -0.1) is 0 Å². The minimum absolute atomic E-state index is 0.231. The van der Waals surface area contributed by atoms with E-state index in [1.54, 1.807) is 6.07 Å². The molecule has 2 aliphatic heterocycles. The Morgan fingerprint density at radius 3 is 2.17 bits per heavy atom. The molecule has 3 aliphatic rings. The van der Waals surface area contributed by atoms with Gasteiger partial charge in [-0.1, -0.05) is 117 Å². The standard InChI is InChI=1S/C32H27NO2S/c1-2-3-20-28-23-15-7-8-16-24(23)31-30(22-13-5-4-6-14-22)25-17-9-10-18-26(25)32(31)27-19-11-12-21-29(27)36(34,35)33(28)32/h4-19,21,28H,2-3,20H2,1H3/t28-,32-/m1/s1. The molecule has 7 rings (SSSR count). The van der Waals surface area contributed by atoms with Gasteiger partial charge in [0.25, 0.3) is 0 Å². The smallest absolute Gasteiger partial charge is 0.207 e. The average Bonchev–Trinajstić information content (AvgIpc) is 3.34. The van der Waals surface area contributed by atoms with Crippen LogP contribution in [0.15, 0.2) is 108 Å². The third-order valence-corrected chi connectivity index (χ3v) is 10.1. The first-order valence-electron chi connectivity index (χ1n) is 12.7. The number of nitrogens with zero attached hydrogens (tertiary/aromatic N) is 1. The molecule has 2 atom stereocenters. The summed E-state index contributed by atoms with van der Waals surface area (Å²) in [6.07, 6.45) is 2.77. The molecule has 0 N–H and O–H groups in total. The normalized spacial score (nSPS) is 23.0. The summed E-state index contributed by atoms with van der Waals surface area (Å²) in [5.41, 5.74) is 7.76. The molecule has 4 aromatic carbocycles. The maximum absolute atomic E-state index is 14.5. The van der Waals surface area contributed by atoms with Crippen molar-refractivity contribution in [1.29, 1.82) is 0 Å². The third-order valence-electron chi connectivity index (χ3n) is 8.11. The van der Waals surface area contributed by atoms with Gasteiger partial charge in [-0.05, 0) is 51.5 Å². The largest absolute Gasteiger partial charge is 0.245 e. The fraction of sp³-hybridized carbons (Fsp3) is 0.188. The fourth-order valence-corrected chi connectivity index (χ4v) is 8.98. The predicted molar refractivity (Wildman–Crippen MR) is 144 cm³/mol. The van der Waals surface area contributed by atoms with Crippen LogP contribution in [-0.4, -0.2) is 12.7 Å². The maximum Gasteiger partial charge on any atom is 0.245 e. The lowest BCUT2D eigenvalue weighted by Crippen LogP contribution is -2.49. The van der Waals surface area contributed by atoms with E-state index in [1.807, 2.05) is 40.7 Å². The van der Waals surface area contributed by atoms with Crippen LogP contribution in [-0.2, 0) is 15.6 Å². The molecule has 0 saturated heterocycles. The highest BCUT2D eigenvalue weighted by Gasteiger charge is 2.65. The molecule has 2 heterocycles. The van der Waals surface area contributed by atoms with Gasteiger partial charge in [0.15, 0.2) is 0 Å². The van der Waals surface area contributed by atoms with Gasteiger partial charge in [-0.2, -0.15) is 4.31 Å². The van der Waals surface area contributed by atoms with Gasteiger partial charge in [-0.25, -0.2) is 8.42 Å². The van der Waals surface area contributed by atoms with Crippen molar-refractivity contribution in [3.63, 3.8) is 0 Å². The Kier molecular flexibility index (Phi) is 4.70. The lowest BCUT2D eigenvalue weighted by atomic mass is 9.71. The van der Waals surface area contributed by atoms with Crippen LogP contribution >= 0.6 is 0 Å². The molecule has 1 spiro atoms. The number of hydrogen-bond acceptors (Lipinski definition) is 2. The van der Waals surface area contributed by atoms with Crippen molar-refractivity contribution in [2.75, 3.05) is 0 Å². The van der Waals surface area contributed by atoms with E-state index in [1.165, 1.54) is 0 Å². The van der Waals surface area contributed by atoms with E-state index < -0.39 is 15.6 Å². The second kappa shape index (κ2) is 7.76. The molecule has 0 aromatic heterocycles. The van der Waals surface area contributed by atoms with E-state index in [0.29, 0.717) is 4.90 Å². The summed E-state index contributed by atoms with van der Waals surface area (Å²) in [7, 11) is -3.74. The number of unbranched alkanes of at least 4 members (excludes halogenated alkanes) is 1. The summed E-state index contributed by atoms with van der Waals surface area (Å²) in [5.74, 6) is 0. The Bertz CT molecular complexity index is 1650. The van der Waals surface area contributed by atoms with E-state index in [2.05, 4.69) is 67.6 Å². The average molecular weight is 490 g/mol. The molecular weight excluding hydrogens is 462 g/mol. The molecule has 178 valence electrons. The van der Waals surface area contributed by atoms with Crippen LogP contribution in [0.2, 0.25) is 0 Å². The number of benzene rings is 4. The summed E-state index contributed by atoms with van der Waals surface area (Å²) in [4.78, 5) is 0.431.